The summed E-state index contributed by atoms with van der Waals surface area (Å²) in [4.78, 5) is 0. The van der Waals surface area contributed by atoms with E-state index in [0.29, 0.717) is 7.28 Å². The minimum atomic E-state index is -0.00926. The van der Waals surface area contributed by atoms with Crippen LogP contribution in [0.2, 0.25) is 0 Å². The number of ether oxygens (including phenoxy) is 2. The monoisotopic (exact) mass is 470 g/mol. The van der Waals surface area contributed by atoms with E-state index in [4.69, 9.17) is 9.47 Å². The van der Waals surface area contributed by atoms with Crippen molar-refractivity contribution in [3.63, 3.8) is 0 Å². The Balaban J connectivity index is 2.20. The predicted molar refractivity (Wildman–Crippen MR) is 130 cm³/mol. The van der Waals surface area contributed by atoms with E-state index in [1.807, 2.05) is 13.8 Å². The van der Waals surface area contributed by atoms with Gasteiger partial charge in [-0.05, 0) is 114 Å². The second-order valence-corrected chi connectivity index (χ2v) is 9.31. The van der Waals surface area contributed by atoms with Gasteiger partial charge in [0.05, 0.1) is 0 Å². The van der Waals surface area contributed by atoms with Gasteiger partial charge in [0.1, 0.15) is 0 Å². The smallest absolute Gasteiger partial charge is 0.157 e. The minimum Gasteiger partial charge on any atom is -0.353 e. The Bertz CT molecular complexity index is 580. The molecule has 1 aromatic carbocycles. The number of benzene rings is 1. The van der Waals surface area contributed by atoms with E-state index < -0.39 is 0 Å². The molecule has 0 bridgehead atoms. The van der Waals surface area contributed by atoms with E-state index in [1.54, 1.807) is 0 Å². The molecule has 2 nitrogen and oxygen atoms in total. The lowest BCUT2D eigenvalue weighted by Crippen LogP contribution is -2.17. The molecule has 0 saturated carbocycles. The van der Waals surface area contributed by atoms with Crippen LogP contribution in [0.25, 0.3) is 0 Å². The predicted octanol–water partition coefficient (Wildman–Crippen LogP) is 7.45. The lowest BCUT2D eigenvalue weighted by molar-refractivity contribution is -0.140. The van der Waals surface area contributed by atoms with Gasteiger partial charge in [-0.2, -0.15) is 0 Å². The SMILES string of the molecule is CCOC(CCCCC/C=C\CCCc1cc(PBr)c(C)c(C)c1C)OCC. The molecule has 0 N–H and O–H groups in total. The van der Waals surface area contributed by atoms with Gasteiger partial charge in [-0.1, -0.05) is 40.1 Å². The lowest BCUT2D eigenvalue weighted by Gasteiger charge is -2.16. The Morgan fingerprint density at radius 1 is 0.893 bits per heavy atom. The van der Waals surface area contributed by atoms with Gasteiger partial charge in [0.2, 0.25) is 0 Å². The molecule has 1 aromatic rings. The molecule has 0 saturated heterocycles. The molecule has 28 heavy (non-hydrogen) atoms. The molecule has 0 heterocycles. The third kappa shape index (κ3) is 9.53. The molecule has 1 unspecified atom stereocenters. The van der Waals surface area contributed by atoms with Crippen molar-refractivity contribution in [2.75, 3.05) is 13.2 Å². The lowest BCUT2D eigenvalue weighted by atomic mass is 9.95. The highest BCUT2D eigenvalue weighted by Gasteiger charge is 2.09. The third-order valence-electron chi connectivity index (χ3n) is 5.43. The highest BCUT2D eigenvalue weighted by Crippen LogP contribution is 2.27. The van der Waals surface area contributed by atoms with E-state index >= 15 is 0 Å². The van der Waals surface area contributed by atoms with Crippen LogP contribution in [-0.4, -0.2) is 19.5 Å². The van der Waals surface area contributed by atoms with Gasteiger partial charge in [-0.25, -0.2) is 0 Å². The Morgan fingerprint density at radius 2 is 1.54 bits per heavy atom. The van der Waals surface area contributed by atoms with Crippen LogP contribution in [0.1, 0.15) is 81.0 Å². The Hall–Kier alpha value is -0.210. The molecule has 160 valence electrons. The van der Waals surface area contributed by atoms with Crippen LogP contribution in [0.3, 0.4) is 0 Å². The molecule has 0 radical (unpaired) electrons. The average molecular weight is 471 g/mol. The van der Waals surface area contributed by atoms with Crippen molar-refractivity contribution in [3.05, 3.63) is 40.5 Å². The number of halogens is 1. The van der Waals surface area contributed by atoms with Crippen LogP contribution in [0, 0.1) is 20.8 Å². The number of allylic oxidation sites excluding steroid dienone is 2. The molecule has 4 heteroatoms. The fraction of sp³-hybridized carbons (Fsp3) is 0.667. The van der Waals surface area contributed by atoms with Gasteiger partial charge in [-0.3, -0.25) is 0 Å². The molecule has 1 rings (SSSR count). The topological polar surface area (TPSA) is 18.5 Å². The summed E-state index contributed by atoms with van der Waals surface area (Å²) in [6.07, 6.45) is 14.2. The van der Waals surface area contributed by atoms with Gasteiger partial charge in [0.25, 0.3) is 0 Å². The standard InChI is InChI=1S/C24H40BrO2P/c1-6-26-24(27-7-2)17-15-13-11-9-8-10-12-14-16-22-18-23(28-25)21(5)19(3)20(22)4/h8,10,18,24,28H,6-7,9,11-17H2,1-5H3/b10-8-. The first kappa shape index (κ1) is 25.8. The number of hydrogen-bond acceptors (Lipinski definition) is 2. The zero-order valence-electron chi connectivity index (χ0n) is 18.6. The number of aryl methyl sites for hydroxylation is 1. The Labute approximate surface area is 183 Å². The average Bonchev–Trinajstić information content (AvgIpc) is 2.69. The number of unbranched alkanes of at least 4 members (excludes halogenated alkanes) is 4. The molecular weight excluding hydrogens is 431 g/mol. The van der Waals surface area contributed by atoms with Crippen molar-refractivity contribution < 1.29 is 9.47 Å². The van der Waals surface area contributed by atoms with Crippen molar-refractivity contribution in [1.29, 1.82) is 0 Å². The Morgan fingerprint density at radius 3 is 2.14 bits per heavy atom. The van der Waals surface area contributed by atoms with E-state index in [2.05, 4.69) is 54.5 Å². The first-order valence-corrected chi connectivity index (χ1v) is 14.1. The zero-order chi connectivity index (χ0) is 20.8. The molecule has 0 spiro atoms. The zero-order valence-corrected chi connectivity index (χ0v) is 21.2. The first-order chi connectivity index (χ1) is 13.5. The normalized spacial score (nSPS) is 12.2. The second-order valence-electron chi connectivity index (χ2n) is 7.39. The van der Waals surface area contributed by atoms with Crippen molar-refractivity contribution in [3.8, 4) is 0 Å². The van der Waals surface area contributed by atoms with Crippen LogP contribution in [0.15, 0.2) is 18.2 Å². The summed E-state index contributed by atoms with van der Waals surface area (Å²) in [5, 5.41) is 1.46. The maximum atomic E-state index is 5.59. The molecule has 1 atom stereocenters. The number of rotatable bonds is 15. The van der Waals surface area contributed by atoms with Crippen LogP contribution in [0.5, 0.6) is 0 Å². The van der Waals surface area contributed by atoms with Crippen LogP contribution < -0.4 is 5.30 Å². The maximum absolute atomic E-state index is 5.59. The number of hydrogen-bond donors (Lipinski definition) is 0. The summed E-state index contributed by atoms with van der Waals surface area (Å²) < 4.78 is 11.2. The highest BCUT2D eigenvalue weighted by molar-refractivity contribution is 9.37. The third-order valence-corrected chi connectivity index (χ3v) is 7.43. The fourth-order valence-electron chi connectivity index (χ4n) is 3.46. The van der Waals surface area contributed by atoms with Gasteiger partial charge >= 0.3 is 0 Å². The van der Waals surface area contributed by atoms with Gasteiger partial charge in [-0.15, -0.1) is 0 Å². The molecule has 0 aliphatic carbocycles. The van der Waals surface area contributed by atoms with Crippen molar-refractivity contribution in [1.82, 2.24) is 0 Å². The van der Waals surface area contributed by atoms with E-state index in [9.17, 15) is 0 Å². The summed E-state index contributed by atoms with van der Waals surface area (Å²) in [5.74, 6) is 0. The maximum Gasteiger partial charge on any atom is 0.157 e. The molecule has 0 amide bonds. The first-order valence-electron chi connectivity index (χ1n) is 10.9. The van der Waals surface area contributed by atoms with Gasteiger partial charge in [0, 0.05) is 13.2 Å². The fourth-order valence-corrected chi connectivity index (χ4v) is 5.25. The van der Waals surface area contributed by atoms with Crippen molar-refractivity contribution in [2.45, 2.75) is 92.3 Å². The van der Waals surface area contributed by atoms with Crippen molar-refractivity contribution >= 4 is 28.1 Å². The second kappa shape index (κ2) is 15.6. The molecular formula is C24H40BrO2P. The van der Waals surface area contributed by atoms with Crippen LogP contribution in [0.4, 0.5) is 0 Å². The Kier molecular flexibility index (Phi) is 14.4. The summed E-state index contributed by atoms with van der Waals surface area (Å²) >= 11 is 3.66. The molecule has 0 aliphatic rings. The molecule has 0 aromatic heterocycles. The van der Waals surface area contributed by atoms with Crippen LogP contribution >= 0.6 is 22.8 Å². The van der Waals surface area contributed by atoms with E-state index in [1.165, 1.54) is 72.5 Å². The quantitative estimate of drug-likeness (QED) is 0.114. The molecule has 0 aliphatic heterocycles. The van der Waals surface area contributed by atoms with Gasteiger partial charge in [0.15, 0.2) is 6.29 Å². The van der Waals surface area contributed by atoms with E-state index in [0.717, 1.165) is 19.6 Å². The van der Waals surface area contributed by atoms with Crippen LogP contribution in [-0.2, 0) is 15.9 Å². The summed E-state index contributed by atoms with van der Waals surface area (Å²) in [5.41, 5.74) is 5.92. The minimum absolute atomic E-state index is 0.00926. The summed E-state index contributed by atoms with van der Waals surface area (Å²) in [7, 11) is 0.703. The molecule has 0 fully saturated rings. The summed E-state index contributed by atoms with van der Waals surface area (Å²) in [6.45, 7) is 12.3. The summed E-state index contributed by atoms with van der Waals surface area (Å²) in [6, 6.07) is 2.41. The van der Waals surface area contributed by atoms with Crippen molar-refractivity contribution in [2.24, 2.45) is 0 Å². The highest BCUT2D eigenvalue weighted by atomic mass is 79.9. The van der Waals surface area contributed by atoms with Gasteiger partial charge < -0.3 is 9.47 Å². The largest absolute Gasteiger partial charge is 0.353 e. The van der Waals surface area contributed by atoms with E-state index in [-0.39, 0.29) is 6.29 Å².